The van der Waals surface area contributed by atoms with Crippen LogP contribution < -0.4 is 10.6 Å². The maximum absolute atomic E-state index is 14.0. The summed E-state index contributed by atoms with van der Waals surface area (Å²) in [6.45, 7) is 10.8. The van der Waals surface area contributed by atoms with E-state index in [4.69, 9.17) is 15.9 Å². The minimum Gasteiger partial charge on any atom is -0.466 e. The lowest BCUT2D eigenvalue weighted by molar-refractivity contribution is -0.145. The second kappa shape index (κ2) is 15.9. The summed E-state index contributed by atoms with van der Waals surface area (Å²) in [6.07, 6.45) is 7.02. The first-order valence-electron chi connectivity index (χ1n) is 12.6. The van der Waals surface area contributed by atoms with E-state index >= 15 is 0 Å². The van der Waals surface area contributed by atoms with Crippen molar-refractivity contribution in [2.45, 2.75) is 78.1 Å². The number of terminal acetylenes is 1. The Morgan fingerprint density at radius 3 is 2.26 bits per heavy atom. The van der Waals surface area contributed by atoms with E-state index < -0.39 is 47.6 Å². The Hall–Kier alpha value is -3.19. The summed E-state index contributed by atoms with van der Waals surface area (Å²) in [6, 6.07) is 4.43. The number of alkyl carbamates (subject to hydrolysis) is 1. The zero-order valence-electron chi connectivity index (χ0n) is 23.5. The van der Waals surface area contributed by atoms with E-state index in [2.05, 4.69) is 16.6 Å². The number of amides is 3. The first-order valence-corrected chi connectivity index (χ1v) is 14.0. The zero-order valence-corrected chi connectivity index (χ0v) is 24.3. The molecule has 2 atom stereocenters. The monoisotopic (exact) mass is 547 g/mol. The largest absolute Gasteiger partial charge is 0.466 e. The van der Waals surface area contributed by atoms with E-state index in [1.165, 1.54) is 16.7 Å². The maximum atomic E-state index is 14.0. The Morgan fingerprint density at radius 2 is 1.76 bits per heavy atom. The molecule has 0 aliphatic carbocycles. The lowest BCUT2D eigenvalue weighted by atomic mass is 9.99. The fourth-order valence-corrected chi connectivity index (χ4v) is 4.09. The van der Waals surface area contributed by atoms with Gasteiger partial charge in [0.15, 0.2) is 0 Å². The Labute approximate surface area is 230 Å². The van der Waals surface area contributed by atoms with Gasteiger partial charge in [0, 0.05) is 18.2 Å². The Bertz CT molecular complexity index is 982. The van der Waals surface area contributed by atoms with Crippen molar-refractivity contribution in [3.8, 4) is 12.3 Å². The highest BCUT2D eigenvalue weighted by atomic mass is 32.2. The minimum atomic E-state index is -1.03. The van der Waals surface area contributed by atoms with E-state index in [0.29, 0.717) is 23.3 Å². The number of esters is 1. The number of nitrogens with zero attached hydrogens (tertiary/aromatic N) is 1. The van der Waals surface area contributed by atoms with Gasteiger partial charge in [0.25, 0.3) is 0 Å². The molecule has 0 aromatic heterocycles. The van der Waals surface area contributed by atoms with Gasteiger partial charge in [-0.15, -0.1) is 6.42 Å². The molecule has 0 radical (unpaired) electrons. The molecule has 1 aromatic carbocycles. The van der Waals surface area contributed by atoms with E-state index in [1.807, 2.05) is 6.26 Å². The van der Waals surface area contributed by atoms with Gasteiger partial charge in [-0.05, 0) is 77.7 Å². The number of carbonyl (C=O) groups excluding carboxylic acids is 4. The van der Waals surface area contributed by atoms with Crippen molar-refractivity contribution >= 4 is 35.6 Å². The minimum absolute atomic E-state index is 0.00545. The molecule has 0 fully saturated rings. The van der Waals surface area contributed by atoms with Crippen LogP contribution in [0, 0.1) is 12.3 Å². The topological polar surface area (TPSA) is 114 Å². The van der Waals surface area contributed by atoms with Crippen LogP contribution in [0.3, 0.4) is 0 Å². The van der Waals surface area contributed by atoms with Crippen molar-refractivity contribution in [3.63, 3.8) is 0 Å². The second-order valence-corrected chi connectivity index (χ2v) is 10.8. The number of carbonyl (C=O) groups is 4. The third-order valence-corrected chi connectivity index (χ3v) is 5.91. The summed E-state index contributed by atoms with van der Waals surface area (Å²) >= 11 is 1.54. The molecule has 0 heterocycles. The first kappa shape index (κ1) is 32.8. The highest BCUT2D eigenvalue weighted by Gasteiger charge is 2.37. The van der Waals surface area contributed by atoms with Crippen LogP contribution in [0.4, 0.5) is 4.79 Å². The van der Waals surface area contributed by atoms with Gasteiger partial charge in [0.1, 0.15) is 17.7 Å². The van der Waals surface area contributed by atoms with Crippen LogP contribution in [0.2, 0.25) is 0 Å². The van der Waals surface area contributed by atoms with Crippen LogP contribution in [0.25, 0.3) is 0 Å². The molecule has 0 spiro atoms. The van der Waals surface area contributed by atoms with Crippen molar-refractivity contribution in [1.29, 1.82) is 0 Å². The molecule has 0 bridgehead atoms. The highest BCUT2D eigenvalue weighted by Crippen LogP contribution is 2.26. The van der Waals surface area contributed by atoms with Crippen LogP contribution in [0.5, 0.6) is 0 Å². The third kappa shape index (κ3) is 11.1. The summed E-state index contributed by atoms with van der Waals surface area (Å²) in [5.41, 5.74) is 0.428. The number of rotatable bonds is 13. The van der Waals surface area contributed by atoms with Crippen LogP contribution in [-0.4, -0.2) is 71.6 Å². The van der Waals surface area contributed by atoms with Gasteiger partial charge >= 0.3 is 12.1 Å². The number of ether oxygens (including phenoxy) is 2. The van der Waals surface area contributed by atoms with Crippen LogP contribution in [0.15, 0.2) is 24.3 Å². The molecule has 3 amide bonds. The van der Waals surface area contributed by atoms with E-state index in [0.717, 1.165) is 0 Å². The number of hydrogen-bond donors (Lipinski definition) is 2. The average molecular weight is 548 g/mol. The summed E-state index contributed by atoms with van der Waals surface area (Å²) in [5.74, 6) is 1.82. The van der Waals surface area contributed by atoms with E-state index in [1.54, 1.807) is 65.8 Å². The Morgan fingerprint density at radius 1 is 1.13 bits per heavy atom. The van der Waals surface area contributed by atoms with Crippen LogP contribution in [-0.2, 0) is 23.9 Å². The first-order chi connectivity index (χ1) is 17.8. The molecule has 2 unspecified atom stereocenters. The Kier molecular flexibility index (Phi) is 13.8. The average Bonchev–Trinajstić information content (AvgIpc) is 2.83. The van der Waals surface area contributed by atoms with Gasteiger partial charge in [-0.3, -0.25) is 14.4 Å². The van der Waals surface area contributed by atoms with Crippen molar-refractivity contribution in [2.24, 2.45) is 0 Å². The van der Waals surface area contributed by atoms with Gasteiger partial charge in [-0.25, -0.2) is 4.79 Å². The highest BCUT2D eigenvalue weighted by molar-refractivity contribution is 7.98. The summed E-state index contributed by atoms with van der Waals surface area (Å²) in [7, 11) is 0. The fourth-order valence-electron chi connectivity index (χ4n) is 3.62. The Balaban J connectivity index is 3.38. The van der Waals surface area contributed by atoms with Gasteiger partial charge in [-0.1, -0.05) is 18.1 Å². The van der Waals surface area contributed by atoms with Gasteiger partial charge in [-0.2, -0.15) is 11.8 Å². The molecule has 0 saturated carbocycles. The molecule has 10 heteroatoms. The smallest absolute Gasteiger partial charge is 0.408 e. The van der Waals surface area contributed by atoms with Crippen molar-refractivity contribution < 1.29 is 28.7 Å². The van der Waals surface area contributed by atoms with Crippen molar-refractivity contribution in [1.82, 2.24) is 15.5 Å². The number of nitrogens with one attached hydrogen (secondary N) is 2. The van der Waals surface area contributed by atoms with E-state index in [-0.39, 0.29) is 19.6 Å². The lowest BCUT2D eigenvalue weighted by Crippen LogP contribution is -2.55. The molecule has 210 valence electrons. The third-order valence-electron chi connectivity index (χ3n) is 5.26. The van der Waals surface area contributed by atoms with Gasteiger partial charge < -0.3 is 25.0 Å². The fraction of sp³-hybridized carbons (Fsp3) is 0.571. The molecule has 0 aliphatic rings. The molecular weight excluding hydrogens is 506 g/mol. The summed E-state index contributed by atoms with van der Waals surface area (Å²) in [4.78, 5) is 53.3. The lowest BCUT2D eigenvalue weighted by Gasteiger charge is -2.37. The molecule has 0 aliphatic heterocycles. The van der Waals surface area contributed by atoms with Crippen molar-refractivity contribution in [2.75, 3.05) is 25.2 Å². The molecule has 9 nitrogen and oxygen atoms in total. The van der Waals surface area contributed by atoms with Crippen molar-refractivity contribution in [3.05, 3.63) is 35.4 Å². The van der Waals surface area contributed by atoms with Crippen LogP contribution in [0.1, 0.15) is 71.6 Å². The van der Waals surface area contributed by atoms with Crippen LogP contribution >= 0.6 is 11.8 Å². The number of hydrogen-bond acceptors (Lipinski definition) is 7. The predicted octanol–water partition coefficient (Wildman–Crippen LogP) is 3.66. The van der Waals surface area contributed by atoms with Gasteiger partial charge in [0.05, 0.1) is 13.0 Å². The standard InChI is InChI=1S/C28H41N3O6S/c1-9-20-11-13-21(14-12-20)24(25(33)29-17-15-23(32)36-10-2)31(19(3)4)26(34)22(16-18-38-8)30-27(35)37-28(5,6)7/h1,11-14,19,22,24H,10,15-18H2,2-8H3,(H,29,33)(H,30,35). The predicted molar refractivity (Wildman–Crippen MR) is 150 cm³/mol. The zero-order chi connectivity index (χ0) is 28.9. The summed E-state index contributed by atoms with van der Waals surface area (Å²) < 4.78 is 10.3. The maximum Gasteiger partial charge on any atom is 0.408 e. The molecule has 1 rings (SSSR count). The molecule has 2 N–H and O–H groups in total. The molecule has 38 heavy (non-hydrogen) atoms. The quantitative estimate of drug-likeness (QED) is 0.286. The normalized spacial score (nSPS) is 12.6. The molecule has 1 aromatic rings. The molecular formula is C28H41N3O6S. The number of benzene rings is 1. The van der Waals surface area contributed by atoms with Gasteiger partial charge in [0.2, 0.25) is 11.8 Å². The SMILES string of the molecule is C#Cc1ccc(C(C(=O)NCCC(=O)OCC)N(C(=O)C(CCSC)NC(=O)OC(C)(C)C)C(C)C)cc1. The molecule has 0 saturated heterocycles. The van der Waals surface area contributed by atoms with E-state index in [9.17, 15) is 19.2 Å². The number of thioether (sulfide) groups is 1. The summed E-state index contributed by atoms with van der Waals surface area (Å²) in [5, 5.41) is 5.45. The second-order valence-electron chi connectivity index (χ2n) is 9.83.